The highest BCUT2D eigenvalue weighted by Gasteiger charge is 2.31. The fraction of sp³-hybridized carbons (Fsp3) is 0.600. The SMILES string of the molecule is CC(C)=CC1CC(=O)OC1=O.NCCN. The lowest BCUT2D eigenvalue weighted by Gasteiger charge is -1.95. The Kier molecular flexibility index (Phi) is 6.57. The van der Waals surface area contributed by atoms with E-state index in [1.807, 2.05) is 13.8 Å². The minimum Gasteiger partial charge on any atom is -0.393 e. The van der Waals surface area contributed by atoms with Crippen LogP contribution in [0.3, 0.4) is 0 Å². The topological polar surface area (TPSA) is 95.4 Å². The fourth-order valence-electron chi connectivity index (χ4n) is 1.02. The van der Waals surface area contributed by atoms with Crippen LogP contribution in [0, 0.1) is 5.92 Å². The van der Waals surface area contributed by atoms with Crippen molar-refractivity contribution < 1.29 is 14.3 Å². The van der Waals surface area contributed by atoms with Gasteiger partial charge in [0.2, 0.25) is 0 Å². The van der Waals surface area contributed by atoms with Gasteiger partial charge >= 0.3 is 11.9 Å². The minimum absolute atomic E-state index is 0.198. The molecular formula is C10H18N2O3. The van der Waals surface area contributed by atoms with Crippen LogP contribution in [-0.2, 0) is 14.3 Å². The molecule has 4 N–H and O–H groups in total. The van der Waals surface area contributed by atoms with Crippen LogP contribution in [0.1, 0.15) is 20.3 Å². The number of esters is 2. The molecule has 1 unspecified atom stereocenters. The first-order valence-corrected chi connectivity index (χ1v) is 4.81. The summed E-state index contributed by atoms with van der Waals surface area (Å²) in [6.45, 7) is 4.96. The molecule has 5 nitrogen and oxygen atoms in total. The van der Waals surface area contributed by atoms with Gasteiger partial charge in [0, 0.05) is 13.1 Å². The van der Waals surface area contributed by atoms with E-state index in [9.17, 15) is 9.59 Å². The average Bonchev–Trinajstić information content (AvgIpc) is 2.45. The summed E-state index contributed by atoms with van der Waals surface area (Å²) in [6, 6.07) is 0. The molecule has 0 saturated carbocycles. The van der Waals surface area contributed by atoms with Crippen LogP contribution in [0.5, 0.6) is 0 Å². The standard InChI is InChI=1S/C8H10O3.C2H8N2/c1-5(2)3-6-4-7(9)11-8(6)10;3-1-2-4/h3,6H,4H2,1-2H3;1-4H2. The maximum Gasteiger partial charge on any atom is 0.321 e. The van der Waals surface area contributed by atoms with E-state index in [4.69, 9.17) is 11.5 Å². The van der Waals surface area contributed by atoms with Crippen LogP contribution in [0.25, 0.3) is 0 Å². The number of hydrogen-bond donors (Lipinski definition) is 2. The van der Waals surface area contributed by atoms with Crippen LogP contribution in [0.4, 0.5) is 0 Å². The van der Waals surface area contributed by atoms with Gasteiger partial charge in [0.25, 0.3) is 0 Å². The maximum absolute atomic E-state index is 10.8. The Morgan fingerprint density at radius 2 is 1.93 bits per heavy atom. The van der Waals surface area contributed by atoms with Crippen molar-refractivity contribution in [2.24, 2.45) is 17.4 Å². The van der Waals surface area contributed by atoms with E-state index in [1.165, 1.54) is 0 Å². The zero-order chi connectivity index (χ0) is 11.8. The summed E-state index contributed by atoms with van der Waals surface area (Å²) in [5.74, 6) is -1.18. The molecule has 1 heterocycles. The van der Waals surface area contributed by atoms with E-state index in [2.05, 4.69) is 4.74 Å². The highest BCUT2D eigenvalue weighted by molar-refractivity contribution is 5.95. The largest absolute Gasteiger partial charge is 0.393 e. The molecule has 1 rings (SSSR count). The fourth-order valence-corrected chi connectivity index (χ4v) is 1.02. The minimum atomic E-state index is -0.420. The van der Waals surface area contributed by atoms with Crippen LogP contribution < -0.4 is 11.5 Å². The molecule has 1 aliphatic rings. The van der Waals surface area contributed by atoms with Gasteiger partial charge < -0.3 is 16.2 Å². The van der Waals surface area contributed by atoms with Gasteiger partial charge in [-0.05, 0) is 13.8 Å². The van der Waals surface area contributed by atoms with Gasteiger partial charge in [0.1, 0.15) is 0 Å². The van der Waals surface area contributed by atoms with Gasteiger partial charge in [-0.2, -0.15) is 0 Å². The number of allylic oxidation sites excluding steroid dienone is 1. The molecule has 0 amide bonds. The Morgan fingerprint density at radius 3 is 2.20 bits per heavy atom. The predicted octanol–water partition coefficient (Wildman–Crippen LogP) is -0.0539. The third-order valence-electron chi connectivity index (χ3n) is 1.60. The van der Waals surface area contributed by atoms with Crippen molar-refractivity contribution in [2.75, 3.05) is 13.1 Å². The lowest BCUT2D eigenvalue weighted by atomic mass is 10.1. The molecular weight excluding hydrogens is 196 g/mol. The second-order valence-corrected chi connectivity index (χ2v) is 3.43. The monoisotopic (exact) mass is 214 g/mol. The average molecular weight is 214 g/mol. The zero-order valence-electron chi connectivity index (χ0n) is 9.16. The Bertz CT molecular complexity index is 255. The summed E-state index contributed by atoms with van der Waals surface area (Å²) in [7, 11) is 0. The third-order valence-corrected chi connectivity index (χ3v) is 1.60. The van der Waals surface area contributed by atoms with Gasteiger partial charge in [0.15, 0.2) is 0 Å². The first-order valence-electron chi connectivity index (χ1n) is 4.81. The summed E-state index contributed by atoms with van der Waals surface area (Å²) in [4.78, 5) is 21.4. The predicted molar refractivity (Wildman–Crippen MR) is 56.7 cm³/mol. The van der Waals surface area contributed by atoms with Crippen molar-refractivity contribution in [3.05, 3.63) is 11.6 Å². The number of rotatable bonds is 2. The van der Waals surface area contributed by atoms with Crippen molar-refractivity contribution in [1.82, 2.24) is 0 Å². The Morgan fingerprint density at radius 1 is 1.40 bits per heavy atom. The Hall–Kier alpha value is -1.20. The highest BCUT2D eigenvalue weighted by atomic mass is 16.6. The number of carbonyl (C=O) groups excluding carboxylic acids is 2. The lowest BCUT2D eigenvalue weighted by molar-refractivity contribution is -0.152. The third kappa shape index (κ3) is 5.98. The number of cyclic esters (lactones) is 2. The van der Waals surface area contributed by atoms with E-state index in [-0.39, 0.29) is 12.3 Å². The molecule has 0 aliphatic carbocycles. The van der Waals surface area contributed by atoms with Crippen LogP contribution >= 0.6 is 0 Å². The normalized spacial score (nSPS) is 19.1. The van der Waals surface area contributed by atoms with Gasteiger partial charge in [-0.25, -0.2) is 0 Å². The summed E-state index contributed by atoms with van der Waals surface area (Å²) < 4.78 is 4.35. The molecule has 0 bridgehead atoms. The van der Waals surface area contributed by atoms with E-state index in [0.29, 0.717) is 13.1 Å². The quantitative estimate of drug-likeness (QED) is 0.381. The second kappa shape index (κ2) is 7.14. The van der Waals surface area contributed by atoms with Crippen molar-refractivity contribution in [1.29, 1.82) is 0 Å². The van der Waals surface area contributed by atoms with Crippen LogP contribution in [0.15, 0.2) is 11.6 Å². The molecule has 0 aromatic carbocycles. The lowest BCUT2D eigenvalue weighted by Crippen LogP contribution is -2.11. The molecule has 15 heavy (non-hydrogen) atoms. The maximum atomic E-state index is 10.8. The summed E-state index contributed by atoms with van der Waals surface area (Å²) >= 11 is 0. The van der Waals surface area contributed by atoms with Gasteiger partial charge in [0.05, 0.1) is 12.3 Å². The first-order chi connectivity index (χ1) is 7.01. The van der Waals surface area contributed by atoms with Crippen molar-refractivity contribution in [3.63, 3.8) is 0 Å². The second-order valence-electron chi connectivity index (χ2n) is 3.43. The van der Waals surface area contributed by atoms with Gasteiger partial charge in [-0.1, -0.05) is 11.6 Å². The van der Waals surface area contributed by atoms with Gasteiger partial charge in [-0.3, -0.25) is 9.59 Å². The summed E-state index contributed by atoms with van der Waals surface area (Å²) in [5.41, 5.74) is 10.8. The molecule has 0 aromatic heterocycles. The van der Waals surface area contributed by atoms with E-state index >= 15 is 0 Å². The molecule has 1 saturated heterocycles. The highest BCUT2D eigenvalue weighted by Crippen LogP contribution is 2.18. The number of nitrogens with two attached hydrogens (primary N) is 2. The zero-order valence-corrected chi connectivity index (χ0v) is 9.16. The van der Waals surface area contributed by atoms with E-state index in [0.717, 1.165) is 5.57 Å². The van der Waals surface area contributed by atoms with E-state index in [1.54, 1.807) is 6.08 Å². The summed E-state index contributed by atoms with van der Waals surface area (Å²) in [6.07, 6.45) is 1.96. The molecule has 0 spiro atoms. The number of carbonyl (C=O) groups is 2. The van der Waals surface area contributed by atoms with E-state index < -0.39 is 11.9 Å². The van der Waals surface area contributed by atoms with Crippen molar-refractivity contribution in [2.45, 2.75) is 20.3 Å². The Balaban J connectivity index is 0.000000423. The smallest absolute Gasteiger partial charge is 0.321 e. The molecule has 0 radical (unpaired) electrons. The molecule has 1 fully saturated rings. The molecule has 5 heteroatoms. The van der Waals surface area contributed by atoms with Crippen molar-refractivity contribution >= 4 is 11.9 Å². The molecule has 86 valence electrons. The molecule has 1 atom stereocenters. The van der Waals surface area contributed by atoms with Gasteiger partial charge in [-0.15, -0.1) is 0 Å². The molecule has 1 aliphatic heterocycles. The number of hydrogen-bond acceptors (Lipinski definition) is 5. The van der Waals surface area contributed by atoms with Crippen LogP contribution in [0.2, 0.25) is 0 Å². The first kappa shape index (κ1) is 13.8. The van der Waals surface area contributed by atoms with Crippen molar-refractivity contribution in [3.8, 4) is 0 Å². The molecule has 0 aromatic rings. The number of ether oxygens (including phenoxy) is 1. The Labute approximate surface area is 89.5 Å². The summed E-state index contributed by atoms with van der Waals surface area (Å²) in [5, 5.41) is 0. The van der Waals surface area contributed by atoms with Crippen LogP contribution in [-0.4, -0.2) is 25.0 Å².